The summed E-state index contributed by atoms with van der Waals surface area (Å²) in [5, 5.41) is 2.57. The standard InChI is InChI=1S/C11H16N4O3S2/c1-2-5-13-10(16)7-15-20(17,18)8-3-4-9(11(12)19)14-6-8/h3-4,6,15H,2,5,7H2,1H3,(H2,12,19)(H,13,16). The van der Waals surface area contributed by atoms with Crippen LogP contribution in [0.5, 0.6) is 0 Å². The molecule has 0 bridgehead atoms. The molecule has 1 aromatic heterocycles. The first-order chi connectivity index (χ1) is 9.36. The summed E-state index contributed by atoms with van der Waals surface area (Å²) in [6, 6.07) is 2.74. The number of nitrogens with two attached hydrogens (primary N) is 1. The van der Waals surface area contributed by atoms with Crippen LogP contribution in [0.1, 0.15) is 19.0 Å². The lowest BCUT2D eigenvalue weighted by molar-refractivity contribution is -0.119. The van der Waals surface area contributed by atoms with Crippen molar-refractivity contribution in [3.8, 4) is 0 Å². The third kappa shape index (κ3) is 4.83. The van der Waals surface area contributed by atoms with Gasteiger partial charge in [-0.3, -0.25) is 9.78 Å². The van der Waals surface area contributed by atoms with Crippen LogP contribution in [0.15, 0.2) is 23.2 Å². The average molecular weight is 316 g/mol. The first kappa shape index (κ1) is 16.5. The Morgan fingerprint density at radius 1 is 1.45 bits per heavy atom. The van der Waals surface area contributed by atoms with Crippen LogP contribution >= 0.6 is 12.2 Å². The third-order valence-corrected chi connectivity index (χ3v) is 3.89. The average Bonchev–Trinajstić information content (AvgIpc) is 2.43. The number of hydrogen-bond acceptors (Lipinski definition) is 5. The van der Waals surface area contributed by atoms with Gasteiger partial charge in [0.05, 0.1) is 12.2 Å². The molecule has 0 aliphatic rings. The third-order valence-electron chi connectivity index (χ3n) is 2.29. The van der Waals surface area contributed by atoms with Gasteiger partial charge in [0.2, 0.25) is 15.9 Å². The largest absolute Gasteiger partial charge is 0.388 e. The van der Waals surface area contributed by atoms with E-state index in [0.717, 1.165) is 12.6 Å². The van der Waals surface area contributed by atoms with E-state index in [9.17, 15) is 13.2 Å². The van der Waals surface area contributed by atoms with Gasteiger partial charge in [-0.05, 0) is 18.6 Å². The highest BCUT2D eigenvalue weighted by molar-refractivity contribution is 7.89. The lowest BCUT2D eigenvalue weighted by Crippen LogP contribution is -2.37. The zero-order valence-electron chi connectivity index (χ0n) is 10.9. The van der Waals surface area contributed by atoms with E-state index in [4.69, 9.17) is 18.0 Å². The molecular weight excluding hydrogens is 300 g/mol. The van der Waals surface area contributed by atoms with Crippen molar-refractivity contribution in [2.24, 2.45) is 5.73 Å². The Morgan fingerprint density at radius 3 is 2.65 bits per heavy atom. The second-order valence-electron chi connectivity index (χ2n) is 3.92. The molecule has 0 unspecified atom stereocenters. The summed E-state index contributed by atoms with van der Waals surface area (Å²) in [6.45, 7) is 2.09. The Morgan fingerprint density at radius 2 is 2.15 bits per heavy atom. The maximum Gasteiger partial charge on any atom is 0.242 e. The van der Waals surface area contributed by atoms with Crippen molar-refractivity contribution in [3.05, 3.63) is 24.0 Å². The van der Waals surface area contributed by atoms with Crippen LogP contribution in [-0.4, -0.2) is 37.4 Å². The second kappa shape index (κ2) is 7.27. The van der Waals surface area contributed by atoms with Gasteiger partial charge in [-0.15, -0.1) is 0 Å². The number of amides is 1. The van der Waals surface area contributed by atoms with Crippen LogP contribution in [-0.2, 0) is 14.8 Å². The molecule has 1 heterocycles. The van der Waals surface area contributed by atoms with Crippen molar-refractivity contribution in [2.45, 2.75) is 18.2 Å². The first-order valence-electron chi connectivity index (χ1n) is 5.89. The summed E-state index contributed by atoms with van der Waals surface area (Å²) >= 11 is 4.72. The maximum absolute atomic E-state index is 11.9. The fraction of sp³-hybridized carbons (Fsp3) is 0.364. The van der Waals surface area contributed by atoms with Crippen molar-refractivity contribution in [3.63, 3.8) is 0 Å². The molecule has 0 fully saturated rings. The van der Waals surface area contributed by atoms with Gasteiger partial charge in [-0.25, -0.2) is 13.1 Å². The van der Waals surface area contributed by atoms with E-state index in [-0.39, 0.29) is 22.3 Å². The fourth-order valence-electron chi connectivity index (χ4n) is 1.26. The summed E-state index contributed by atoms with van der Waals surface area (Å²) in [4.78, 5) is 15.2. The zero-order chi connectivity index (χ0) is 15.2. The molecule has 110 valence electrons. The van der Waals surface area contributed by atoms with Gasteiger partial charge in [0.25, 0.3) is 0 Å². The molecule has 0 aromatic carbocycles. The summed E-state index contributed by atoms with van der Waals surface area (Å²) < 4.78 is 26.0. The molecular formula is C11H16N4O3S2. The molecule has 0 spiro atoms. The number of aromatic nitrogens is 1. The molecule has 20 heavy (non-hydrogen) atoms. The van der Waals surface area contributed by atoms with Crippen molar-refractivity contribution in [1.29, 1.82) is 0 Å². The van der Waals surface area contributed by atoms with Crippen LogP contribution in [0, 0.1) is 0 Å². The highest BCUT2D eigenvalue weighted by Gasteiger charge is 2.16. The zero-order valence-corrected chi connectivity index (χ0v) is 12.6. The number of carbonyl (C=O) groups excluding carboxylic acids is 1. The lowest BCUT2D eigenvalue weighted by atomic mass is 10.3. The van der Waals surface area contributed by atoms with E-state index in [0.29, 0.717) is 12.2 Å². The van der Waals surface area contributed by atoms with Gasteiger partial charge >= 0.3 is 0 Å². The molecule has 0 saturated heterocycles. The van der Waals surface area contributed by atoms with Gasteiger partial charge < -0.3 is 11.1 Å². The summed E-state index contributed by atoms with van der Waals surface area (Å²) in [5.41, 5.74) is 5.70. The number of carbonyl (C=O) groups is 1. The number of thiocarbonyl (C=S) groups is 1. The quantitative estimate of drug-likeness (QED) is 0.585. The number of nitrogens with one attached hydrogen (secondary N) is 2. The Bertz CT molecular complexity index is 584. The number of pyridine rings is 1. The van der Waals surface area contributed by atoms with E-state index >= 15 is 0 Å². The van der Waals surface area contributed by atoms with E-state index in [1.807, 2.05) is 6.92 Å². The smallest absolute Gasteiger partial charge is 0.242 e. The van der Waals surface area contributed by atoms with Crippen LogP contribution in [0.4, 0.5) is 0 Å². The molecule has 0 saturated carbocycles. The van der Waals surface area contributed by atoms with Crippen LogP contribution in [0.3, 0.4) is 0 Å². The topological polar surface area (TPSA) is 114 Å². The summed E-state index contributed by atoms with van der Waals surface area (Å²) in [5.74, 6) is -0.386. The highest BCUT2D eigenvalue weighted by atomic mass is 32.2. The van der Waals surface area contributed by atoms with E-state index in [1.165, 1.54) is 12.1 Å². The summed E-state index contributed by atoms with van der Waals surface area (Å²) in [6.07, 6.45) is 1.92. The van der Waals surface area contributed by atoms with E-state index in [2.05, 4.69) is 15.0 Å². The van der Waals surface area contributed by atoms with Crippen molar-refractivity contribution in [1.82, 2.24) is 15.0 Å². The molecule has 1 rings (SSSR count). The number of hydrogen-bond donors (Lipinski definition) is 3. The van der Waals surface area contributed by atoms with Gasteiger partial charge in [0.1, 0.15) is 9.88 Å². The molecule has 4 N–H and O–H groups in total. The Kier molecular flexibility index (Phi) is 5.99. The Balaban J connectivity index is 2.69. The predicted molar refractivity (Wildman–Crippen MR) is 78.6 cm³/mol. The summed E-state index contributed by atoms with van der Waals surface area (Å²) in [7, 11) is -3.78. The molecule has 0 aliphatic heterocycles. The van der Waals surface area contributed by atoms with Gasteiger partial charge in [-0.2, -0.15) is 0 Å². The fourth-order valence-corrected chi connectivity index (χ4v) is 2.30. The molecule has 7 nitrogen and oxygen atoms in total. The number of nitrogens with zero attached hydrogens (tertiary/aromatic N) is 1. The van der Waals surface area contributed by atoms with Crippen LogP contribution in [0.2, 0.25) is 0 Å². The van der Waals surface area contributed by atoms with Gasteiger partial charge in [-0.1, -0.05) is 19.1 Å². The SMILES string of the molecule is CCCNC(=O)CNS(=O)(=O)c1ccc(C(N)=S)nc1. The Hall–Kier alpha value is -1.58. The maximum atomic E-state index is 11.9. The number of rotatable bonds is 7. The van der Waals surface area contributed by atoms with Crippen molar-refractivity contribution >= 4 is 33.1 Å². The molecule has 0 aliphatic carbocycles. The molecule has 9 heteroatoms. The highest BCUT2D eigenvalue weighted by Crippen LogP contribution is 2.07. The van der Waals surface area contributed by atoms with Crippen LogP contribution in [0.25, 0.3) is 0 Å². The number of sulfonamides is 1. The second-order valence-corrected chi connectivity index (χ2v) is 6.12. The minimum Gasteiger partial charge on any atom is -0.388 e. The minimum atomic E-state index is -3.78. The minimum absolute atomic E-state index is 0.0548. The van der Waals surface area contributed by atoms with E-state index < -0.39 is 10.0 Å². The molecule has 1 amide bonds. The van der Waals surface area contributed by atoms with E-state index in [1.54, 1.807) is 0 Å². The van der Waals surface area contributed by atoms with Gasteiger partial charge in [0, 0.05) is 12.7 Å². The monoisotopic (exact) mass is 316 g/mol. The first-order valence-corrected chi connectivity index (χ1v) is 7.78. The predicted octanol–water partition coefficient (Wildman–Crippen LogP) is -0.480. The van der Waals surface area contributed by atoms with Crippen molar-refractivity contribution < 1.29 is 13.2 Å². The lowest BCUT2D eigenvalue weighted by Gasteiger charge is -2.07. The molecule has 0 radical (unpaired) electrons. The van der Waals surface area contributed by atoms with Crippen molar-refractivity contribution in [2.75, 3.05) is 13.1 Å². The van der Waals surface area contributed by atoms with Crippen LogP contribution < -0.4 is 15.8 Å². The molecule has 1 aromatic rings. The molecule has 0 atom stereocenters. The normalized spacial score (nSPS) is 11.1. The Labute approximate surface area is 123 Å². The van der Waals surface area contributed by atoms with Gasteiger partial charge in [0.15, 0.2) is 0 Å².